The zero-order valence-corrected chi connectivity index (χ0v) is 12.8. The van der Waals surface area contributed by atoms with Crippen molar-refractivity contribution in [1.29, 1.82) is 0 Å². The second-order valence-corrected chi connectivity index (χ2v) is 6.67. The van der Waals surface area contributed by atoms with Gasteiger partial charge >= 0.3 is 0 Å². The highest BCUT2D eigenvalue weighted by atomic mass is 16.1. The highest BCUT2D eigenvalue weighted by molar-refractivity contribution is 5.97. The van der Waals surface area contributed by atoms with E-state index in [4.69, 9.17) is 0 Å². The minimum atomic E-state index is -0.0329. The molecule has 0 bridgehead atoms. The van der Waals surface area contributed by atoms with Crippen LogP contribution < -0.4 is 5.32 Å². The van der Waals surface area contributed by atoms with E-state index >= 15 is 0 Å². The molecule has 0 radical (unpaired) electrons. The van der Waals surface area contributed by atoms with Crippen LogP contribution in [0.2, 0.25) is 0 Å². The molecule has 112 valence electrons. The van der Waals surface area contributed by atoms with Crippen LogP contribution in [0.25, 0.3) is 5.82 Å². The summed E-state index contributed by atoms with van der Waals surface area (Å²) in [5, 5.41) is 7.39. The van der Waals surface area contributed by atoms with Gasteiger partial charge in [-0.05, 0) is 36.8 Å². The fraction of sp³-hybridized carbons (Fsp3) is 0.500. The summed E-state index contributed by atoms with van der Waals surface area (Å²) in [4.78, 5) is 12.6. The molecule has 0 aromatic carbocycles. The summed E-state index contributed by atoms with van der Waals surface area (Å²) >= 11 is 0. The third-order valence-electron chi connectivity index (χ3n) is 4.30. The van der Waals surface area contributed by atoms with Gasteiger partial charge in [0, 0.05) is 25.5 Å². The van der Waals surface area contributed by atoms with E-state index in [1.807, 2.05) is 36.1 Å². The summed E-state index contributed by atoms with van der Waals surface area (Å²) in [5.41, 5.74) is 0.953. The van der Waals surface area contributed by atoms with Gasteiger partial charge in [-0.25, -0.2) is 0 Å². The maximum atomic E-state index is 12.6. The van der Waals surface area contributed by atoms with Gasteiger partial charge in [0.25, 0.3) is 5.91 Å². The Bertz CT molecular complexity index is 639. The van der Waals surface area contributed by atoms with Crippen molar-refractivity contribution in [1.82, 2.24) is 19.7 Å². The summed E-state index contributed by atoms with van der Waals surface area (Å²) in [7, 11) is 1.85. The van der Waals surface area contributed by atoms with E-state index in [1.54, 1.807) is 10.9 Å². The van der Waals surface area contributed by atoms with E-state index in [2.05, 4.69) is 24.3 Å². The third kappa shape index (κ3) is 2.73. The van der Waals surface area contributed by atoms with Crippen LogP contribution in [0, 0.1) is 5.41 Å². The average Bonchev–Trinajstić information content (AvgIpc) is 3.09. The van der Waals surface area contributed by atoms with Gasteiger partial charge < -0.3 is 9.88 Å². The van der Waals surface area contributed by atoms with Crippen LogP contribution in [0.3, 0.4) is 0 Å². The van der Waals surface area contributed by atoms with Crippen molar-refractivity contribution in [2.75, 3.05) is 0 Å². The van der Waals surface area contributed by atoms with Crippen molar-refractivity contribution in [2.45, 2.75) is 39.2 Å². The van der Waals surface area contributed by atoms with E-state index in [-0.39, 0.29) is 11.9 Å². The Hall–Kier alpha value is -2.04. The van der Waals surface area contributed by atoms with Gasteiger partial charge in [0.05, 0.1) is 6.20 Å². The lowest BCUT2D eigenvalue weighted by molar-refractivity contribution is 0.0936. The van der Waals surface area contributed by atoms with Crippen molar-refractivity contribution in [2.24, 2.45) is 12.5 Å². The quantitative estimate of drug-likeness (QED) is 0.942. The lowest BCUT2D eigenvalue weighted by atomic mass is 9.92. The monoisotopic (exact) mass is 286 g/mol. The molecule has 0 spiro atoms. The molecular formula is C16H22N4O. The van der Waals surface area contributed by atoms with Gasteiger partial charge in [0.15, 0.2) is 0 Å². The van der Waals surface area contributed by atoms with Gasteiger partial charge in [-0.15, -0.1) is 0 Å². The minimum absolute atomic E-state index is 0.0329. The topological polar surface area (TPSA) is 51.9 Å². The van der Waals surface area contributed by atoms with E-state index in [9.17, 15) is 4.79 Å². The molecule has 1 amide bonds. The summed E-state index contributed by atoms with van der Waals surface area (Å²) in [6.45, 7) is 4.52. The van der Waals surface area contributed by atoms with Crippen molar-refractivity contribution in [3.63, 3.8) is 0 Å². The maximum Gasteiger partial charge on any atom is 0.256 e. The van der Waals surface area contributed by atoms with Crippen LogP contribution in [0.5, 0.6) is 0 Å². The Labute approximate surface area is 125 Å². The zero-order valence-electron chi connectivity index (χ0n) is 12.8. The Balaban J connectivity index is 1.80. The van der Waals surface area contributed by atoms with Gasteiger partial charge in [-0.1, -0.05) is 13.8 Å². The fourth-order valence-electron chi connectivity index (χ4n) is 3.20. The molecule has 5 heteroatoms. The maximum absolute atomic E-state index is 12.6. The number of nitrogens with zero attached hydrogens (tertiary/aromatic N) is 3. The Morgan fingerprint density at radius 1 is 1.38 bits per heavy atom. The van der Waals surface area contributed by atoms with Crippen LogP contribution in [0.15, 0.2) is 30.7 Å². The molecule has 1 aliphatic rings. The van der Waals surface area contributed by atoms with E-state index in [0.717, 1.165) is 25.1 Å². The first-order valence-electron chi connectivity index (χ1n) is 7.42. The first-order chi connectivity index (χ1) is 9.96. The molecule has 2 heterocycles. The van der Waals surface area contributed by atoms with Crippen LogP contribution in [-0.2, 0) is 7.05 Å². The highest BCUT2D eigenvalue weighted by Crippen LogP contribution is 2.37. The van der Waals surface area contributed by atoms with Gasteiger partial charge in [-0.3, -0.25) is 9.48 Å². The molecule has 0 saturated heterocycles. The molecule has 21 heavy (non-hydrogen) atoms. The van der Waals surface area contributed by atoms with Crippen molar-refractivity contribution < 1.29 is 4.79 Å². The molecule has 0 aliphatic heterocycles. The Morgan fingerprint density at radius 3 is 2.71 bits per heavy atom. The van der Waals surface area contributed by atoms with Crippen LogP contribution >= 0.6 is 0 Å². The number of amides is 1. The molecule has 1 unspecified atom stereocenters. The third-order valence-corrected chi connectivity index (χ3v) is 4.30. The second kappa shape index (κ2) is 5.06. The molecule has 2 aromatic heterocycles. The summed E-state index contributed by atoms with van der Waals surface area (Å²) in [6.07, 6.45) is 8.74. The standard InChI is InChI=1S/C16H22N4O/c1-16(2)7-6-12(10-16)18-14(21)13-11-17-19(3)15(13)20-8-4-5-9-20/h4-5,8-9,11-12H,6-7,10H2,1-3H3,(H,18,21). The largest absolute Gasteiger partial charge is 0.349 e. The first-order valence-corrected chi connectivity index (χ1v) is 7.42. The second-order valence-electron chi connectivity index (χ2n) is 6.67. The lowest BCUT2D eigenvalue weighted by Crippen LogP contribution is -2.34. The van der Waals surface area contributed by atoms with Gasteiger partial charge in [-0.2, -0.15) is 5.10 Å². The zero-order chi connectivity index (χ0) is 15.0. The number of carbonyl (C=O) groups excluding carboxylic acids is 1. The predicted molar refractivity (Wildman–Crippen MR) is 81.4 cm³/mol. The predicted octanol–water partition coefficient (Wildman–Crippen LogP) is 2.52. The van der Waals surface area contributed by atoms with Gasteiger partial charge in [0.2, 0.25) is 0 Å². The van der Waals surface area contributed by atoms with E-state index in [0.29, 0.717) is 11.0 Å². The van der Waals surface area contributed by atoms with Crippen molar-refractivity contribution in [3.05, 3.63) is 36.3 Å². The van der Waals surface area contributed by atoms with Crippen LogP contribution in [-0.4, -0.2) is 26.3 Å². The van der Waals surface area contributed by atoms with Crippen molar-refractivity contribution in [3.8, 4) is 5.82 Å². The Morgan fingerprint density at radius 2 is 2.10 bits per heavy atom. The number of hydrogen-bond acceptors (Lipinski definition) is 2. The molecule has 1 N–H and O–H groups in total. The summed E-state index contributed by atoms with van der Waals surface area (Å²) < 4.78 is 3.65. The summed E-state index contributed by atoms with van der Waals surface area (Å²) in [5.74, 6) is 0.768. The van der Waals surface area contributed by atoms with Crippen LogP contribution in [0.4, 0.5) is 0 Å². The number of aromatic nitrogens is 3. The van der Waals surface area contributed by atoms with E-state index < -0.39 is 0 Å². The Kier molecular flexibility index (Phi) is 3.35. The van der Waals surface area contributed by atoms with Gasteiger partial charge in [0.1, 0.15) is 11.4 Å². The molecule has 1 atom stereocenters. The number of rotatable bonds is 3. The smallest absolute Gasteiger partial charge is 0.256 e. The lowest BCUT2D eigenvalue weighted by Gasteiger charge is -2.18. The molecule has 1 fully saturated rings. The average molecular weight is 286 g/mol. The minimum Gasteiger partial charge on any atom is -0.349 e. The molecule has 1 saturated carbocycles. The van der Waals surface area contributed by atoms with E-state index in [1.165, 1.54) is 0 Å². The molecule has 1 aliphatic carbocycles. The van der Waals surface area contributed by atoms with Crippen molar-refractivity contribution >= 4 is 5.91 Å². The number of carbonyl (C=O) groups is 1. The first kappa shape index (κ1) is 13.9. The van der Waals surface area contributed by atoms with Crippen LogP contribution in [0.1, 0.15) is 43.5 Å². The number of aryl methyl sites for hydroxylation is 1. The normalized spacial score (nSPS) is 20.6. The highest BCUT2D eigenvalue weighted by Gasteiger charge is 2.32. The SMILES string of the molecule is Cn1ncc(C(=O)NC2CCC(C)(C)C2)c1-n1cccc1. The fourth-order valence-corrected chi connectivity index (χ4v) is 3.20. The molecular weight excluding hydrogens is 264 g/mol. The molecule has 2 aromatic rings. The summed E-state index contributed by atoms with van der Waals surface area (Å²) in [6, 6.07) is 4.15. The number of hydrogen-bond donors (Lipinski definition) is 1. The number of nitrogens with one attached hydrogen (secondary N) is 1. The molecule has 5 nitrogen and oxygen atoms in total. The molecule has 3 rings (SSSR count).